The molecule has 1 amide bonds. The molecule has 0 aliphatic carbocycles. The Labute approximate surface area is 133 Å². The number of para-hydroxylation sites is 1. The Morgan fingerprint density at radius 1 is 1.26 bits per heavy atom. The number of amides is 1. The van der Waals surface area contributed by atoms with Gasteiger partial charge in [-0.15, -0.1) is 0 Å². The number of rotatable bonds is 5. The van der Waals surface area contributed by atoms with Crippen LogP contribution in [0.1, 0.15) is 11.1 Å². The number of nitrogens with one attached hydrogen (secondary N) is 2. The van der Waals surface area contributed by atoms with E-state index in [4.69, 9.17) is 5.21 Å². The molecule has 0 radical (unpaired) electrons. The van der Waals surface area contributed by atoms with Gasteiger partial charge in [0.2, 0.25) is 0 Å². The van der Waals surface area contributed by atoms with Gasteiger partial charge in [0.1, 0.15) is 5.65 Å². The third-order valence-corrected chi connectivity index (χ3v) is 3.42. The fourth-order valence-electron chi connectivity index (χ4n) is 2.27. The topological polar surface area (TPSA) is 78.7 Å². The maximum atomic E-state index is 11.1. The van der Waals surface area contributed by atoms with Gasteiger partial charge in [-0.05, 0) is 29.3 Å². The molecule has 6 heteroatoms. The number of pyridine rings is 1. The fraction of sp³-hybridized carbons (Fsp3) is 0.0588. The van der Waals surface area contributed by atoms with Crippen LogP contribution in [0.2, 0.25) is 0 Å². The summed E-state index contributed by atoms with van der Waals surface area (Å²) in [5.41, 5.74) is 5.36. The lowest BCUT2D eigenvalue weighted by molar-refractivity contribution is -0.124. The van der Waals surface area contributed by atoms with Crippen LogP contribution < -0.4 is 10.8 Å². The Bertz CT molecular complexity index is 854. The summed E-state index contributed by atoms with van der Waals surface area (Å²) in [5, 5.41) is 11.9. The van der Waals surface area contributed by atoms with Gasteiger partial charge in [-0.3, -0.25) is 10.0 Å². The number of carbonyl (C=O) groups excluding carboxylic acids is 1. The molecule has 2 heterocycles. The van der Waals surface area contributed by atoms with Crippen LogP contribution >= 0.6 is 0 Å². The molecule has 3 N–H and O–H groups in total. The van der Waals surface area contributed by atoms with Crippen LogP contribution in [0.15, 0.2) is 61.1 Å². The number of fused-ring (bicyclic) bond motifs is 1. The van der Waals surface area contributed by atoms with E-state index in [0.717, 1.165) is 22.5 Å². The van der Waals surface area contributed by atoms with Crippen molar-refractivity contribution < 1.29 is 10.0 Å². The minimum Gasteiger partial charge on any atom is -0.380 e. The number of hydroxylamine groups is 1. The van der Waals surface area contributed by atoms with Crippen molar-refractivity contribution in [2.75, 3.05) is 5.32 Å². The van der Waals surface area contributed by atoms with Gasteiger partial charge in [-0.1, -0.05) is 24.3 Å². The smallest absolute Gasteiger partial charge is 0.267 e. The predicted octanol–water partition coefficient (Wildman–Crippen LogP) is 2.46. The molecule has 0 aliphatic rings. The molecule has 0 aliphatic heterocycles. The zero-order valence-electron chi connectivity index (χ0n) is 12.3. The maximum absolute atomic E-state index is 11.1. The van der Waals surface area contributed by atoms with Crippen LogP contribution in [-0.4, -0.2) is 20.5 Å². The third kappa shape index (κ3) is 3.56. The first-order valence-electron chi connectivity index (χ1n) is 7.13. The zero-order valence-corrected chi connectivity index (χ0v) is 12.3. The van der Waals surface area contributed by atoms with E-state index in [1.54, 1.807) is 17.8 Å². The van der Waals surface area contributed by atoms with Crippen molar-refractivity contribution >= 4 is 23.3 Å². The molecular formula is C17H16N4O2. The lowest BCUT2D eigenvalue weighted by atomic mass is 10.1. The van der Waals surface area contributed by atoms with Crippen molar-refractivity contribution in [1.29, 1.82) is 0 Å². The van der Waals surface area contributed by atoms with E-state index in [0.29, 0.717) is 6.54 Å². The summed E-state index contributed by atoms with van der Waals surface area (Å²) < 4.78 is 1.97. The SMILES string of the molecule is O=C(/C=C/c1ccccc1NCc1ccc2nccn2c1)NO. The van der Waals surface area contributed by atoms with Gasteiger partial charge in [0.15, 0.2) is 0 Å². The van der Waals surface area contributed by atoms with Gasteiger partial charge in [-0.25, -0.2) is 10.5 Å². The van der Waals surface area contributed by atoms with Crippen molar-refractivity contribution in [3.63, 3.8) is 0 Å². The van der Waals surface area contributed by atoms with Crippen molar-refractivity contribution in [1.82, 2.24) is 14.9 Å². The van der Waals surface area contributed by atoms with Gasteiger partial charge in [-0.2, -0.15) is 0 Å². The van der Waals surface area contributed by atoms with Crippen LogP contribution in [0, 0.1) is 0 Å². The Balaban J connectivity index is 1.74. The Kier molecular flexibility index (Phi) is 4.35. The number of aromatic nitrogens is 2. The van der Waals surface area contributed by atoms with Gasteiger partial charge in [0.25, 0.3) is 5.91 Å². The third-order valence-electron chi connectivity index (χ3n) is 3.42. The molecule has 0 saturated carbocycles. The van der Waals surface area contributed by atoms with E-state index in [9.17, 15) is 4.79 Å². The summed E-state index contributed by atoms with van der Waals surface area (Å²) in [7, 11) is 0. The molecular weight excluding hydrogens is 292 g/mol. The average molecular weight is 308 g/mol. The molecule has 3 aromatic rings. The van der Waals surface area contributed by atoms with Crippen molar-refractivity contribution in [2.24, 2.45) is 0 Å². The molecule has 0 fully saturated rings. The number of nitrogens with zero attached hydrogens (tertiary/aromatic N) is 2. The van der Waals surface area contributed by atoms with Crippen LogP contribution in [0.5, 0.6) is 0 Å². The summed E-state index contributed by atoms with van der Waals surface area (Å²) in [6.45, 7) is 0.644. The van der Waals surface area contributed by atoms with E-state index >= 15 is 0 Å². The molecule has 116 valence electrons. The van der Waals surface area contributed by atoms with Crippen molar-refractivity contribution in [3.05, 3.63) is 72.2 Å². The van der Waals surface area contributed by atoms with Crippen LogP contribution in [0.3, 0.4) is 0 Å². The van der Waals surface area contributed by atoms with E-state index in [2.05, 4.69) is 10.3 Å². The molecule has 0 bridgehead atoms. The van der Waals surface area contributed by atoms with Crippen LogP contribution in [0.4, 0.5) is 5.69 Å². The quantitative estimate of drug-likeness (QED) is 0.384. The molecule has 3 rings (SSSR count). The number of anilines is 1. The summed E-state index contributed by atoms with van der Waals surface area (Å²) >= 11 is 0. The van der Waals surface area contributed by atoms with Crippen molar-refractivity contribution in [2.45, 2.75) is 6.54 Å². The molecule has 23 heavy (non-hydrogen) atoms. The Hall–Kier alpha value is -3.12. The van der Waals surface area contributed by atoms with Gasteiger partial charge in [0, 0.05) is 36.9 Å². The van der Waals surface area contributed by atoms with E-state index in [1.165, 1.54) is 6.08 Å². The van der Waals surface area contributed by atoms with Gasteiger partial charge in [0.05, 0.1) is 0 Å². The maximum Gasteiger partial charge on any atom is 0.267 e. The van der Waals surface area contributed by atoms with Crippen LogP contribution in [-0.2, 0) is 11.3 Å². The fourth-order valence-corrected chi connectivity index (χ4v) is 2.27. The minimum absolute atomic E-state index is 0.564. The van der Waals surface area contributed by atoms with Crippen molar-refractivity contribution in [3.8, 4) is 0 Å². The summed E-state index contributed by atoms with van der Waals surface area (Å²) in [5.74, 6) is -0.564. The monoisotopic (exact) mass is 308 g/mol. The van der Waals surface area contributed by atoms with E-state index in [-0.39, 0.29) is 0 Å². The number of benzene rings is 1. The number of imidazole rings is 1. The highest BCUT2D eigenvalue weighted by Crippen LogP contribution is 2.18. The second-order valence-corrected chi connectivity index (χ2v) is 4.98. The normalized spacial score (nSPS) is 11.0. The molecule has 0 saturated heterocycles. The minimum atomic E-state index is -0.564. The average Bonchev–Trinajstić information content (AvgIpc) is 3.06. The number of hydrogen-bond donors (Lipinski definition) is 3. The standard InChI is InChI=1S/C17H16N4O2/c22-17(20-23)8-6-14-3-1-2-4-15(14)19-11-13-5-7-16-18-9-10-21(16)12-13/h1-10,12,19,23H,11H2,(H,20,22)/b8-6+. The van der Waals surface area contributed by atoms with E-state index in [1.807, 2.05) is 53.2 Å². The molecule has 0 spiro atoms. The Morgan fingerprint density at radius 2 is 2.13 bits per heavy atom. The summed E-state index contributed by atoms with van der Waals surface area (Å²) in [6, 6.07) is 11.6. The first-order chi connectivity index (χ1) is 11.3. The lowest BCUT2D eigenvalue weighted by Crippen LogP contribution is -2.14. The van der Waals surface area contributed by atoms with E-state index < -0.39 is 5.91 Å². The molecule has 0 unspecified atom stereocenters. The second-order valence-electron chi connectivity index (χ2n) is 4.98. The zero-order chi connectivity index (χ0) is 16.1. The number of hydrogen-bond acceptors (Lipinski definition) is 4. The molecule has 0 atom stereocenters. The highest BCUT2D eigenvalue weighted by atomic mass is 16.5. The highest BCUT2D eigenvalue weighted by molar-refractivity contribution is 5.91. The molecule has 1 aromatic carbocycles. The predicted molar refractivity (Wildman–Crippen MR) is 87.9 cm³/mol. The highest BCUT2D eigenvalue weighted by Gasteiger charge is 2.01. The van der Waals surface area contributed by atoms with Gasteiger partial charge >= 0.3 is 0 Å². The Morgan fingerprint density at radius 3 is 3.00 bits per heavy atom. The number of carbonyl (C=O) groups is 1. The first-order valence-corrected chi connectivity index (χ1v) is 7.13. The lowest BCUT2D eigenvalue weighted by Gasteiger charge is -2.10. The summed E-state index contributed by atoms with van der Waals surface area (Å²) in [6.07, 6.45) is 8.61. The van der Waals surface area contributed by atoms with Crippen LogP contribution in [0.25, 0.3) is 11.7 Å². The largest absolute Gasteiger partial charge is 0.380 e. The molecule has 2 aromatic heterocycles. The second kappa shape index (κ2) is 6.76. The van der Waals surface area contributed by atoms with Gasteiger partial charge < -0.3 is 9.72 Å². The first kappa shape index (κ1) is 14.8. The molecule has 6 nitrogen and oxygen atoms in total. The summed E-state index contributed by atoms with van der Waals surface area (Å²) in [4.78, 5) is 15.3.